The van der Waals surface area contributed by atoms with Crippen LogP contribution in [0.4, 0.5) is 0 Å². The minimum Gasteiger partial charge on any atom is -0.455 e. The zero-order chi connectivity index (χ0) is 8.10. The van der Waals surface area contributed by atoms with Gasteiger partial charge in [-0.3, -0.25) is 0 Å². The Morgan fingerprint density at radius 1 is 1.73 bits per heavy atom. The number of esters is 1. The van der Waals surface area contributed by atoms with Gasteiger partial charge in [-0.05, 0) is 19.8 Å². The fraction of sp³-hybridized carbons (Fsp3) is 0.333. The van der Waals surface area contributed by atoms with Crippen LogP contribution in [0.5, 0.6) is 0 Å². The van der Waals surface area contributed by atoms with E-state index in [2.05, 4.69) is 0 Å². The van der Waals surface area contributed by atoms with Gasteiger partial charge in [0.1, 0.15) is 6.61 Å². The molecule has 0 aromatic carbocycles. The number of hydrogen-bond donors (Lipinski definition) is 0. The molecular formula is C9H11O2. The van der Waals surface area contributed by atoms with Crippen molar-refractivity contribution in [2.75, 3.05) is 0 Å². The van der Waals surface area contributed by atoms with Gasteiger partial charge < -0.3 is 4.74 Å². The molecule has 0 N–H and O–H groups in total. The molecule has 0 fully saturated rings. The zero-order valence-electron chi connectivity index (χ0n) is 6.54. The second-order valence-corrected chi connectivity index (χ2v) is 2.30. The van der Waals surface area contributed by atoms with Crippen LogP contribution >= 0.6 is 0 Å². The van der Waals surface area contributed by atoms with Crippen molar-refractivity contribution in [3.63, 3.8) is 0 Å². The first kappa shape index (κ1) is 8.05. The molecule has 0 saturated carbocycles. The summed E-state index contributed by atoms with van der Waals surface area (Å²) in [5, 5.41) is 0. The van der Waals surface area contributed by atoms with Gasteiger partial charge in [0, 0.05) is 5.57 Å². The van der Waals surface area contributed by atoms with Crippen molar-refractivity contribution in [3.05, 3.63) is 30.4 Å². The number of hydrogen-bond acceptors (Lipinski definition) is 2. The van der Waals surface area contributed by atoms with Gasteiger partial charge in [-0.15, -0.1) is 0 Å². The monoisotopic (exact) mass is 151 g/mol. The van der Waals surface area contributed by atoms with Gasteiger partial charge in [-0.2, -0.15) is 0 Å². The van der Waals surface area contributed by atoms with Crippen LogP contribution in [0.25, 0.3) is 0 Å². The highest BCUT2D eigenvalue weighted by atomic mass is 16.5. The van der Waals surface area contributed by atoms with Crippen LogP contribution in [-0.2, 0) is 9.53 Å². The highest BCUT2D eigenvalue weighted by Gasteiger charge is 2.09. The predicted molar refractivity (Wildman–Crippen MR) is 42.5 cm³/mol. The molecule has 0 aromatic rings. The molecular weight excluding hydrogens is 140 g/mol. The predicted octanol–water partition coefficient (Wildman–Crippen LogP) is 1.99. The lowest BCUT2D eigenvalue weighted by Crippen LogP contribution is -2.06. The van der Waals surface area contributed by atoms with E-state index in [4.69, 9.17) is 4.74 Å². The Balaban J connectivity index is 2.52. The lowest BCUT2D eigenvalue weighted by Gasteiger charge is -2.06. The first-order valence-electron chi connectivity index (χ1n) is 3.69. The lowest BCUT2D eigenvalue weighted by molar-refractivity contribution is -0.135. The number of ether oxygens (including phenoxy) is 1. The van der Waals surface area contributed by atoms with Crippen LogP contribution < -0.4 is 0 Å². The first-order chi connectivity index (χ1) is 5.34. The fourth-order valence-corrected chi connectivity index (χ4v) is 0.955. The van der Waals surface area contributed by atoms with Gasteiger partial charge in [0.15, 0.2) is 0 Å². The van der Waals surface area contributed by atoms with Crippen molar-refractivity contribution >= 4 is 5.97 Å². The first-order valence-corrected chi connectivity index (χ1v) is 3.69. The summed E-state index contributed by atoms with van der Waals surface area (Å²) >= 11 is 0. The van der Waals surface area contributed by atoms with Gasteiger partial charge in [0.2, 0.25) is 0 Å². The number of rotatable bonds is 2. The van der Waals surface area contributed by atoms with Gasteiger partial charge in [-0.25, -0.2) is 4.79 Å². The Hall–Kier alpha value is -1.05. The van der Waals surface area contributed by atoms with Gasteiger partial charge >= 0.3 is 5.97 Å². The van der Waals surface area contributed by atoms with E-state index in [1.54, 1.807) is 13.0 Å². The summed E-state index contributed by atoms with van der Waals surface area (Å²) in [5.41, 5.74) is 0.755. The van der Waals surface area contributed by atoms with Crippen molar-refractivity contribution in [3.8, 4) is 0 Å². The van der Waals surface area contributed by atoms with Crippen molar-refractivity contribution in [2.24, 2.45) is 0 Å². The molecule has 0 spiro atoms. The van der Waals surface area contributed by atoms with Gasteiger partial charge in [0.05, 0.1) is 0 Å². The molecule has 0 saturated heterocycles. The van der Waals surface area contributed by atoms with Crippen LogP contribution in [0.15, 0.2) is 23.8 Å². The van der Waals surface area contributed by atoms with E-state index in [9.17, 15) is 4.79 Å². The SMILES string of the molecule is C[CH]OC(=O)C1=CC=CCC1. The lowest BCUT2D eigenvalue weighted by atomic mass is 10.1. The summed E-state index contributed by atoms with van der Waals surface area (Å²) in [5.74, 6) is -0.225. The molecule has 1 radical (unpaired) electrons. The number of carbonyl (C=O) groups excluding carboxylic acids is 1. The molecule has 1 aliphatic rings. The third-order valence-corrected chi connectivity index (χ3v) is 1.50. The maximum atomic E-state index is 11.0. The van der Waals surface area contributed by atoms with E-state index in [-0.39, 0.29) is 5.97 Å². The second kappa shape index (κ2) is 3.96. The Kier molecular flexibility index (Phi) is 2.90. The molecule has 1 aliphatic carbocycles. The summed E-state index contributed by atoms with van der Waals surface area (Å²) in [6.45, 7) is 3.10. The van der Waals surface area contributed by atoms with E-state index in [0.717, 1.165) is 18.4 Å². The van der Waals surface area contributed by atoms with E-state index >= 15 is 0 Å². The van der Waals surface area contributed by atoms with E-state index in [0.29, 0.717) is 0 Å². The van der Waals surface area contributed by atoms with Crippen LogP contribution in [-0.4, -0.2) is 5.97 Å². The normalized spacial score (nSPS) is 15.9. The molecule has 0 aromatic heterocycles. The summed E-state index contributed by atoms with van der Waals surface area (Å²) in [6, 6.07) is 0. The van der Waals surface area contributed by atoms with Crippen LogP contribution in [0.3, 0.4) is 0 Å². The molecule has 0 unspecified atom stereocenters. The third-order valence-electron chi connectivity index (χ3n) is 1.50. The summed E-state index contributed by atoms with van der Waals surface area (Å²) in [7, 11) is 0. The minimum atomic E-state index is -0.225. The minimum absolute atomic E-state index is 0.225. The molecule has 0 bridgehead atoms. The summed E-state index contributed by atoms with van der Waals surface area (Å²) in [4.78, 5) is 11.0. The smallest absolute Gasteiger partial charge is 0.334 e. The van der Waals surface area contributed by atoms with E-state index < -0.39 is 0 Å². The van der Waals surface area contributed by atoms with Gasteiger partial charge in [-0.1, -0.05) is 18.2 Å². The molecule has 0 aliphatic heterocycles. The Labute approximate surface area is 66.5 Å². The molecule has 0 atom stereocenters. The van der Waals surface area contributed by atoms with Crippen LogP contribution in [0.2, 0.25) is 0 Å². The summed E-state index contributed by atoms with van der Waals surface area (Å²) < 4.78 is 4.72. The highest BCUT2D eigenvalue weighted by Crippen LogP contribution is 2.13. The number of allylic oxidation sites excluding steroid dienone is 3. The molecule has 0 amide bonds. The van der Waals surface area contributed by atoms with Gasteiger partial charge in [0.25, 0.3) is 0 Å². The molecule has 2 nitrogen and oxygen atoms in total. The Morgan fingerprint density at radius 2 is 2.55 bits per heavy atom. The average molecular weight is 151 g/mol. The molecule has 2 heteroatoms. The van der Waals surface area contributed by atoms with E-state index in [1.807, 2.05) is 12.2 Å². The highest BCUT2D eigenvalue weighted by molar-refractivity contribution is 5.89. The third kappa shape index (κ3) is 2.22. The molecule has 11 heavy (non-hydrogen) atoms. The van der Waals surface area contributed by atoms with Crippen LogP contribution in [0.1, 0.15) is 19.8 Å². The topological polar surface area (TPSA) is 26.3 Å². The second-order valence-electron chi connectivity index (χ2n) is 2.30. The quantitative estimate of drug-likeness (QED) is 0.564. The Morgan fingerprint density at radius 3 is 3.09 bits per heavy atom. The molecule has 1 rings (SSSR count). The zero-order valence-corrected chi connectivity index (χ0v) is 6.54. The average Bonchev–Trinajstić information content (AvgIpc) is 2.07. The maximum absolute atomic E-state index is 11.0. The fourth-order valence-electron chi connectivity index (χ4n) is 0.955. The molecule has 0 heterocycles. The van der Waals surface area contributed by atoms with Crippen molar-refractivity contribution in [2.45, 2.75) is 19.8 Å². The van der Waals surface area contributed by atoms with Crippen molar-refractivity contribution in [1.82, 2.24) is 0 Å². The largest absolute Gasteiger partial charge is 0.455 e. The standard InChI is InChI=1S/C9H11O2/c1-2-11-9(10)8-6-4-3-5-7-8/h2-4,6H,5,7H2,1H3. The summed E-state index contributed by atoms with van der Waals surface area (Å²) in [6.07, 6.45) is 7.45. The van der Waals surface area contributed by atoms with Crippen LogP contribution in [0, 0.1) is 6.61 Å². The van der Waals surface area contributed by atoms with Crippen molar-refractivity contribution < 1.29 is 9.53 Å². The molecule has 59 valence electrons. The van der Waals surface area contributed by atoms with Crippen molar-refractivity contribution in [1.29, 1.82) is 0 Å². The maximum Gasteiger partial charge on any atom is 0.334 e. The van der Waals surface area contributed by atoms with E-state index in [1.165, 1.54) is 6.61 Å². The Bertz CT molecular complexity index is 202. The number of carbonyl (C=O) groups is 1.